The van der Waals surface area contributed by atoms with E-state index in [1.807, 2.05) is 44.2 Å². The van der Waals surface area contributed by atoms with E-state index in [0.29, 0.717) is 42.9 Å². The second-order valence-corrected chi connectivity index (χ2v) is 13.0. The van der Waals surface area contributed by atoms with E-state index in [9.17, 15) is 22.4 Å². The van der Waals surface area contributed by atoms with E-state index in [0.717, 1.165) is 22.3 Å². The van der Waals surface area contributed by atoms with Gasteiger partial charge in [0.05, 0.1) is 19.3 Å². The molecular formula is C33H35F4N3O5. The normalized spacial score (nSPS) is 18.7. The minimum atomic E-state index is -4.78. The third kappa shape index (κ3) is 6.04. The van der Waals surface area contributed by atoms with Gasteiger partial charge in [-0.1, -0.05) is 35.0 Å². The predicted molar refractivity (Wildman–Crippen MR) is 157 cm³/mol. The average Bonchev–Trinajstić information content (AvgIpc) is 3.44. The Kier molecular flexibility index (Phi) is 7.70. The molecule has 2 bridgehead atoms. The van der Waals surface area contributed by atoms with Crippen LogP contribution >= 0.6 is 0 Å². The number of rotatable bonds is 9. The zero-order chi connectivity index (χ0) is 32.2. The van der Waals surface area contributed by atoms with Crippen molar-refractivity contribution < 1.29 is 41.1 Å². The molecule has 4 aliphatic rings. The maximum atomic E-state index is 14.3. The summed E-state index contributed by atoms with van der Waals surface area (Å²) in [4.78, 5) is 19.2. The van der Waals surface area contributed by atoms with Gasteiger partial charge in [-0.05, 0) is 99.8 Å². The zero-order valence-corrected chi connectivity index (χ0v) is 25.5. The van der Waals surface area contributed by atoms with Crippen molar-refractivity contribution in [2.75, 3.05) is 24.7 Å². The summed E-state index contributed by atoms with van der Waals surface area (Å²) in [5.74, 6) is 0.964. The fraction of sp³-hybridized carbons (Fsp3) is 0.485. The first-order valence-electron chi connectivity index (χ1n) is 14.9. The summed E-state index contributed by atoms with van der Waals surface area (Å²) >= 11 is 0. The summed E-state index contributed by atoms with van der Waals surface area (Å²) < 4.78 is 77.2. The number of alkyl halides is 4. The van der Waals surface area contributed by atoms with Crippen molar-refractivity contribution in [1.82, 2.24) is 10.1 Å². The van der Waals surface area contributed by atoms with Crippen molar-refractivity contribution in [3.63, 3.8) is 0 Å². The molecule has 1 aliphatic heterocycles. The van der Waals surface area contributed by atoms with Crippen molar-refractivity contribution in [2.24, 2.45) is 5.41 Å². The van der Waals surface area contributed by atoms with Crippen LogP contribution in [0.5, 0.6) is 5.75 Å². The number of allylic oxidation sites excluding steroid dienone is 2. The van der Waals surface area contributed by atoms with Gasteiger partial charge < -0.3 is 18.7 Å². The molecule has 3 aliphatic carbocycles. The minimum Gasteiger partial charge on any atom is -0.491 e. The monoisotopic (exact) mass is 629 g/mol. The molecule has 2 heterocycles. The molecule has 12 heteroatoms. The number of hydrogen-bond donors (Lipinski definition) is 0. The first-order valence-corrected chi connectivity index (χ1v) is 14.9. The molecule has 0 radical (unpaired) electrons. The second-order valence-electron chi connectivity index (χ2n) is 13.0. The highest BCUT2D eigenvalue weighted by atomic mass is 19.4. The van der Waals surface area contributed by atoms with E-state index in [1.165, 1.54) is 18.7 Å². The summed E-state index contributed by atoms with van der Waals surface area (Å²) in [6.07, 6.45) is -3.46. The molecular weight excluding hydrogens is 594 g/mol. The number of carbonyl (C=O) groups is 1. The summed E-state index contributed by atoms with van der Waals surface area (Å²) in [5, 5.41) is 3.98. The molecule has 8 nitrogen and oxygen atoms in total. The lowest BCUT2D eigenvalue weighted by molar-refractivity contribution is -0.331. The Morgan fingerprint density at radius 3 is 2.29 bits per heavy atom. The number of fused-ring (bicyclic) bond motifs is 2. The highest BCUT2D eigenvalue weighted by Gasteiger charge is 2.64. The Hall–Kier alpha value is -3.93. The Morgan fingerprint density at radius 2 is 1.76 bits per heavy atom. The van der Waals surface area contributed by atoms with Crippen molar-refractivity contribution in [2.45, 2.75) is 76.9 Å². The van der Waals surface area contributed by atoms with Gasteiger partial charge >= 0.3 is 12.3 Å². The molecule has 240 valence electrons. The fourth-order valence-electron chi connectivity index (χ4n) is 6.10. The summed E-state index contributed by atoms with van der Waals surface area (Å²) in [6, 6.07) is 14.6. The lowest BCUT2D eigenvalue weighted by Crippen LogP contribution is -2.64. The van der Waals surface area contributed by atoms with E-state index >= 15 is 0 Å². The number of anilines is 1. The third-order valence-corrected chi connectivity index (χ3v) is 8.61. The van der Waals surface area contributed by atoms with Crippen LogP contribution < -0.4 is 9.64 Å². The molecule has 7 rings (SSSR count). The Morgan fingerprint density at radius 1 is 1.04 bits per heavy atom. The first-order chi connectivity index (χ1) is 21.2. The van der Waals surface area contributed by atoms with Crippen molar-refractivity contribution in [3.8, 4) is 16.9 Å². The SMILES string of the molecule is CC(C)Oc1ccc(-c2cccc(N(CC34CCC(c5noc(C(C)(C)F)n5)=C(C3)C4)C(=O)OC3(C(F)(F)F)COC3)c2)cc1. The van der Waals surface area contributed by atoms with Crippen molar-refractivity contribution in [1.29, 1.82) is 0 Å². The molecule has 0 unspecified atom stereocenters. The zero-order valence-electron chi connectivity index (χ0n) is 25.5. The maximum absolute atomic E-state index is 14.3. The van der Waals surface area contributed by atoms with Gasteiger partial charge in [0, 0.05) is 12.2 Å². The summed E-state index contributed by atoms with van der Waals surface area (Å²) in [7, 11) is 0. The molecule has 2 aromatic carbocycles. The molecule has 0 N–H and O–H groups in total. The van der Waals surface area contributed by atoms with E-state index in [2.05, 4.69) is 10.1 Å². The number of aromatic nitrogens is 2. The van der Waals surface area contributed by atoms with Gasteiger partial charge in [-0.15, -0.1) is 0 Å². The van der Waals surface area contributed by atoms with Crippen LogP contribution in [0.25, 0.3) is 16.7 Å². The molecule has 0 spiro atoms. The lowest BCUT2D eigenvalue weighted by Gasteiger charge is -2.51. The predicted octanol–water partition coefficient (Wildman–Crippen LogP) is 8.03. The second kappa shape index (κ2) is 11.1. The average molecular weight is 630 g/mol. The van der Waals surface area contributed by atoms with Crippen LogP contribution in [-0.4, -0.2) is 53.9 Å². The topological polar surface area (TPSA) is 86.9 Å². The van der Waals surface area contributed by atoms with Crippen LogP contribution in [0.4, 0.5) is 28.0 Å². The van der Waals surface area contributed by atoms with Crippen LogP contribution in [0.3, 0.4) is 0 Å². The molecule has 2 fully saturated rings. The van der Waals surface area contributed by atoms with Crippen LogP contribution in [0.1, 0.15) is 65.1 Å². The first kappa shape index (κ1) is 31.1. The maximum Gasteiger partial charge on any atom is 0.433 e. The lowest BCUT2D eigenvalue weighted by atomic mass is 9.57. The van der Waals surface area contributed by atoms with Gasteiger partial charge in [-0.3, -0.25) is 4.90 Å². The molecule has 45 heavy (non-hydrogen) atoms. The van der Waals surface area contributed by atoms with E-state index in [-0.39, 0.29) is 24.0 Å². The Balaban J connectivity index is 1.27. The van der Waals surface area contributed by atoms with Crippen LogP contribution in [-0.2, 0) is 15.1 Å². The molecule has 1 amide bonds. The van der Waals surface area contributed by atoms with Crippen molar-refractivity contribution in [3.05, 3.63) is 65.8 Å². The largest absolute Gasteiger partial charge is 0.491 e. The number of hydrogen-bond acceptors (Lipinski definition) is 7. The number of nitrogens with zero attached hydrogens (tertiary/aromatic N) is 3. The van der Waals surface area contributed by atoms with Crippen LogP contribution in [0.2, 0.25) is 0 Å². The quantitative estimate of drug-likeness (QED) is 0.222. The molecule has 1 saturated heterocycles. The van der Waals surface area contributed by atoms with Gasteiger partial charge in [0.1, 0.15) is 5.75 Å². The highest BCUT2D eigenvalue weighted by molar-refractivity contribution is 5.89. The third-order valence-electron chi connectivity index (χ3n) is 8.61. The summed E-state index contributed by atoms with van der Waals surface area (Å²) in [5.41, 5.74) is -0.831. The van der Waals surface area contributed by atoms with Crippen molar-refractivity contribution >= 4 is 17.4 Å². The molecule has 3 aromatic rings. The van der Waals surface area contributed by atoms with Crippen LogP contribution in [0.15, 0.2) is 58.6 Å². The fourth-order valence-corrected chi connectivity index (χ4v) is 6.10. The number of carbonyl (C=O) groups excluding carboxylic acids is 1. The van der Waals surface area contributed by atoms with Gasteiger partial charge in [-0.2, -0.15) is 18.2 Å². The van der Waals surface area contributed by atoms with E-state index < -0.39 is 36.8 Å². The van der Waals surface area contributed by atoms with E-state index in [1.54, 1.807) is 18.2 Å². The number of ether oxygens (including phenoxy) is 3. The standard InChI is InChI=1S/C33H35F4N3O5/c1-20(2)43-25-10-8-21(9-11-25)22-6-5-7-24(14-22)40(29(41)44-32(18-42-19-32)33(35,36)37)17-31-13-12-26(23(15-31)16-31)27-38-28(45-39-27)30(3,4)34/h5-11,14,20H,12-13,15-19H2,1-4H3. The van der Waals surface area contributed by atoms with Gasteiger partial charge in [0.15, 0.2) is 11.5 Å². The van der Waals surface area contributed by atoms with Gasteiger partial charge in [0.25, 0.3) is 11.5 Å². The smallest absolute Gasteiger partial charge is 0.433 e. The van der Waals surface area contributed by atoms with Gasteiger partial charge in [0.2, 0.25) is 0 Å². The summed E-state index contributed by atoms with van der Waals surface area (Å²) in [6.45, 7) is 5.22. The number of amides is 1. The Labute approximate surface area is 258 Å². The molecule has 1 saturated carbocycles. The number of halogens is 4. The Bertz CT molecular complexity index is 1600. The number of benzene rings is 2. The van der Waals surface area contributed by atoms with Crippen LogP contribution in [0, 0.1) is 5.41 Å². The molecule has 1 aromatic heterocycles. The highest BCUT2D eigenvalue weighted by Crippen LogP contribution is 2.57. The minimum absolute atomic E-state index is 0.0175. The molecule has 0 atom stereocenters. The van der Waals surface area contributed by atoms with E-state index in [4.69, 9.17) is 18.7 Å². The van der Waals surface area contributed by atoms with Gasteiger partial charge in [-0.25, -0.2) is 9.18 Å².